The van der Waals surface area contributed by atoms with Crippen LogP contribution >= 0.6 is 12.6 Å². The molecule has 0 aliphatic rings. The first-order valence-electron chi connectivity index (χ1n) is 5.10. The van der Waals surface area contributed by atoms with E-state index in [1.807, 2.05) is 24.3 Å². The molecule has 1 unspecified atom stereocenters. The number of rotatable bonds is 3. The van der Waals surface area contributed by atoms with E-state index >= 15 is 0 Å². The Morgan fingerprint density at radius 2 is 2.07 bits per heavy atom. The van der Waals surface area contributed by atoms with Crippen molar-refractivity contribution in [3.63, 3.8) is 0 Å². The summed E-state index contributed by atoms with van der Waals surface area (Å²) in [6, 6.07) is 7.60. The predicted octanol–water partition coefficient (Wildman–Crippen LogP) is 2.40. The fraction of sp³-hybridized carbons (Fsp3) is 0.500. The van der Waals surface area contributed by atoms with Crippen LogP contribution in [0.2, 0.25) is 0 Å². The highest BCUT2D eigenvalue weighted by Gasteiger charge is 2.13. The topological polar surface area (TPSA) is 32.3 Å². The van der Waals surface area contributed by atoms with Crippen LogP contribution in [0.15, 0.2) is 29.2 Å². The summed E-state index contributed by atoms with van der Waals surface area (Å²) in [6.45, 7) is 6.79. The van der Waals surface area contributed by atoms with Crippen LogP contribution in [-0.2, 0) is 0 Å². The summed E-state index contributed by atoms with van der Waals surface area (Å²) in [5, 5.41) is 13.2. The molecule has 2 N–H and O–H groups in total. The number of hydrogen-bond donors (Lipinski definition) is 3. The summed E-state index contributed by atoms with van der Waals surface area (Å²) in [7, 11) is 0. The van der Waals surface area contributed by atoms with E-state index in [0.717, 1.165) is 10.5 Å². The number of benzene rings is 1. The van der Waals surface area contributed by atoms with Crippen LogP contribution < -0.4 is 5.32 Å². The average molecular weight is 225 g/mol. The molecule has 0 radical (unpaired) electrons. The van der Waals surface area contributed by atoms with Gasteiger partial charge in [0.25, 0.3) is 0 Å². The summed E-state index contributed by atoms with van der Waals surface area (Å²) in [5.74, 6) is 0. The van der Waals surface area contributed by atoms with E-state index in [9.17, 15) is 5.11 Å². The first-order valence-corrected chi connectivity index (χ1v) is 5.55. The van der Waals surface area contributed by atoms with Gasteiger partial charge in [0.2, 0.25) is 0 Å². The molecule has 0 saturated carbocycles. The Morgan fingerprint density at radius 1 is 1.40 bits per heavy atom. The highest BCUT2D eigenvalue weighted by atomic mass is 32.1. The molecule has 84 valence electrons. The van der Waals surface area contributed by atoms with Crippen molar-refractivity contribution in [1.82, 2.24) is 5.32 Å². The fourth-order valence-electron chi connectivity index (χ4n) is 1.25. The average Bonchev–Trinajstić information content (AvgIpc) is 2.13. The fourth-order valence-corrected chi connectivity index (χ4v) is 1.49. The zero-order chi connectivity index (χ0) is 11.5. The van der Waals surface area contributed by atoms with Crippen molar-refractivity contribution in [2.45, 2.75) is 37.3 Å². The quantitative estimate of drug-likeness (QED) is 0.690. The van der Waals surface area contributed by atoms with E-state index in [1.54, 1.807) is 0 Å². The molecule has 0 aliphatic heterocycles. The second kappa shape index (κ2) is 5.01. The lowest BCUT2D eigenvalue weighted by atomic mass is 10.1. The number of hydrogen-bond acceptors (Lipinski definition) is 3. The first kappa shape index (κ1) is 12.6. The van der Waals surface area contributed by atoms with Crippen molar-refractivity contribution in [1.29, 1.82) is 0 Å². The minimum atomic E-state index is -0.476. The molecule has 15 heavy (non-hydrogen) atoms. The summed E-state index contributed by atoms with van der Waals surface area (Å²) < 4.78 is 0. The van der Waals surface area contributed by atoms with Gasteiger partial charge in [-0.15, -0.1) is 12.6 Å². The smallest absolute Gasteiger partial charge is 0.0914 e. The molecule has 2 nitrogen and oxygen atoms in total. The number of nitrogens with one attached hydrogen (secondary N) is 1. The lowest BCUT2D eigenvalue weighted by molar-refractivity contribution is 0.163. The van der Waals surface area contributed by atoms with Gasteiger partial charge < -0.3 is 10.4 Å². The van der Waals surface area contributed by atoms with E-state index in [4.69, 9.17) is 0 Å². The Labute approximate surface area is 97.1 Å². The lowest BCUT2D eigenvalue weighted by Crippen LogP contribution is -2.38. The molecular weight excluding hydrogens is 206 g/mol. The van der Waals surface area contributed by atoms with Crippen molar-refractivity contribution in [2.75, 3.05) is 6.54 Å². The van der Waals surface area contributed by atoms with Crippen LogP contribution in [0.1, 0.15) is 32.4 Å². The molecule has 1 aromatic carbocycles. The Morgan fingerprint density at radius 3 is 2.60 bits per heavy atom. The summed E-state index contributed by atoms with van der Waals surface area (Å²) in [6.07, 6.45) is -0.476. The molecule has 0 aromatic heterocycles. The SMILES string of the molecule is CC(C)(C)NCC(O)c1cccc(S)c1. The maximum atomic E-state index is 9.91. The van der Waals surface area contributed by atoms with Gasteiger partial charge in [0, 0.05) is 17.0 Å². The van der Waals surface area contributed by atoms with Gasteiger partial charge in [0.05, 0.1) is 6.10 Å². The van der Waals surface area contributed by atoms with Crippen molar-refractivity contribution in [3.05, 3.63) is 29.8 Å². The normalized spacial score (nSPS) is 13.9. The van der Waals surface area contributed by atoms with E-state index in [1.165, 1.54) is 0 Å². The largest absolute Gasteiger partial charge is 0.387 e. The Bertz CT molecular complexity index is 320. The molecule has 1 aromatic rings. The van der Waals surface area contributed by atoms with E-state index in [-0.39, 0.29) is 5.54 Å². The minimum absolute atomic E-state index is 0.0273. The standard InChI is InChI=1S/C12H19NOS/c1-12(2,3)13-8-11(14)9-5-4-6-10(15)7-9/h4-7,11,13-15H,8H2,1-3H3. The van der Waals surface area contributed by atoms with Crippen LogP contribution in [-0.4, -0.2) is 17.2 Å². The second-order valence-corrected chi connectivity index (χ2v) is 5.26. The molecule has 0 heterocycles. The van der Waals surface area contributed by atoms with Gasteiger partial charge in [0.1, 0.15) is 0 Å². The van der Waals surface area contributed by atoms with Gasteiger partial charge in [-0.2, -0.15) is 0 Å². The van der Waals surface area contributed by atoms with Gasteiger partial charge in [-0.3, -0.25) is 0 Å². The monoisotopic (exact) mass is 225 g/mol. The van der Waals surface area contributed by atoms with Crippen LogP contribution in [0.5, 0.6) is 0 Å². The zero-order valence-corrected chi connectivity index (χ0v) is 10.4. The Hall–Kier alpha value is -0.510. The van der Waals surface area contributed by atoms with Crippen molar-refractivity contribution in [3.8, 4) is 0 Å². The maximum absolute atomic E-state index is 9.91. The van der Waals surface area contributed by atoms with Gasteiger partial charge in [-0.05, 0) is 38.5 Å². The highest BCUT2D eigenvalue weighted by Crippen LogP contribution is 2.16. The molecule has 1 atom stereocenters. The van der Waals surface area contributed by atoms with E-state index in [0.29, 0.717) is 6.54 Å². The number of aliphatic hydroxyl groups is 1. The van der Waals surface area contributed by atoms with Crippen LogP contribution in [0.3, 0.4) is 0 Å². The zero-order valence-electron chi connectivity index (χ0n) is 9.49. The molecular formula is C12H19NOS. The van der Waals surface area contributed by atoms with Crippen LogP contribution in [0, 0.1) is 0 Å². The number of β-amino-alcohol motifs (C(OH)–C–C–N with tert-alkyl or cyclic N) is 1. The molecule has 0 amide bonds. The van der Waals surface area contributed by atoms with Gasteiger partial charge >= 0.3 is 0 Å². The van der Waals surface area contributed by atoms with E-state index in [2.05, 4.69) is 38.7 Å². The van der Waals surface area contributed by atoms with Crippen LogP contribution in [0.25, 0.3) is 0 Å². The highest BCUT2D eigenvalue weighted by molar-refractivity contribution is 7.80. The van der Waals surface area contributed by atoms with Crippen molar-refractivity contribution < 1.29 is 5.11 Å². The molecule has 3 heteroatoms. The first-order chi connectivity index (χ1) is 6.88. The van der Waals surface area contributed by atoms with E-state index < -0.39 is 6.10 Å². The van der Waals surface area contributed by atoms with Gasteiger partial charge in [0.15, 0.2) is 0 Å². The maximum Gasteiger partial charge on any atom is 0.0914 e. The summed E-state index contributed by atoms with van der Waals surface area (Å²) >= 11 is 4.24. The Kier molecular flexibility index (Phi) is 4.20. The van der Waals surface area contributed by atoms with Crippen LogP contribution in [0.4, 0.5) is 0 Å². The summed E-state index contributed by atoms with van der Waals surface area (Å²) in [5.41, 5.74) is 0.929. The van der Waals surface area contributed by atoms with Gasteiger partial charge in [-0.25, -0.2) is 0 Å². The summed E-state index contributed by atoms with van der Waals surface area (Å²) in [4.78, 5) is 0.877. The molecule has 0 aliphatic carbocycles. The van der Waals surface area contributed by atoms with Crippen molar-refractivity contribution >= 4 is 12.6 Å². The molecule has 1 rings (SSSR count). The third-order valence-electron chi connectivity index (χ3n) is 2.08. The minimum Gasteiger partial charge on any atom is -0.387 e. The number of aliphatic hydroxyl groups excluding tert-OH is 1. The molecule has 0 bridgehead atoms. The molecule has 0 saturated heterocycles. The molecule has 0 fully saturated rings. The van der Waals surface area contributed by atoms with Crippen molar-refractivity contribution in [2.24, 2.45) is 0 Å². The molecule has 0 spiro atoms. The lowest BCUT2D eigenvalue weighted by Gasteiger charge is -2.23. The second-order valence-electron chi connectivity index (χ2n) is 4.74. The number of thiol groups is 1. The third kappa shape index (κ3) is 4.69. The Balaban J connectivity index is 2.58. The predicted molar refractivity (Wildman–Crippen MR) is 66.4 cm³/mol. The third-order valence-corrected chi connectivity index (χ3v) is 2.36. The van der Waals surface area contributed by atoms with Gasteiger partial charge in [-0.1, -0.05) is 12.1 Å².